The Hall–Kier alpha value is -1.39. The summed E-state index contributed by atoms with van der Waals surface area (Å²) in [6, 6.07) is 9.95. The van der Waals surface area contributed by atoms with Gasteiger partial charge in [-0.25, -0.2) is 0 Å². The van der Waals surface area contributed by atoms with Gasteiger partial charge in [-0.05, 0) is 5.56 Å². The molecule has 0 radical (unpaired) electrons. The average molecular weight is 226 g/mol. The molecule has 16 heavy (non-hydrogen) atoms. The van der Waals surface area contributed by atoms with Crippen LogP contribution in [-0.2, 0) is 16.0 Å². The highest BCUT2D eigenvalue weighted by atomic mass is 16.5. The molecule has 0 amide bonds. The summed E-state index contributed by atoms with van der Waals surface area (Å²) in [4.78, 5) is 10.4. The fourth-order valence-corrected chi connectivity index (χ4v) is 0.957. The van der Waals surface area contributed by atoms with Crippen molar-refractivity contribution in [2.45, 2.75) is 13.3 Å². The van der Waals surface area contributed by atoms with Crippen LogP contribution >= 0.6 is 0 Å². The predicted octanol–water partition coefficient (Wildman–Crippen LogP) is 0.763. The summed E-state index contributed by atoms with van der Waals surface area (Å²) in [5.74, 6) is -0.217. The molecule has 90 valence electrons. The first-order chi connectivity index (χ1) is 7.70. The quantitative estimate of drug-likeness (QED) is 0.744. The average Bonchev–Trinajstić information content (AvgIpc) is 2.30. The zero-order chi connectivity index (χ0) is 12.2. The molecule has 0 saturated heterocycles. The maximum Gasteiger partial charge on any atom is 0.302 e. The van der Waals surface area contributed by atoms with Gasteiger partial charge >= 0.3 is 5.97 Å². The van der Waals surface area contributed by atoms with E-state index in [-0.39, 0.29) is 19.2 Å². The van der Waals surface area contributed by atoms with E-state index in [9.17, 15) is 4.79 Å². The van der Waals surface area contributed by atoms with Crippen molar-refractivity contribution in [3.8, 4) is 0 Å². The van der Waals surface area contributed by atoms with Gasteiger partial charge < -0.3 is 14.9 Å². The zero-order valence-corrected chi connectivity index (χ0v) is 9.43. The van der Waals surface area contributed by atoms with Gasteiger partial charge in [0, 0.05) is 13.3 Å². The Morgan fingerprint density at radius 1 is 1.19 bits per heavy atom. The van der Waals surface area contributed by atoms with Crippen LogP contribution in [0.5, 0.6) is 0 Å². The molecule has 0 bridgehead atoms. The molecule has 1 rings (SSSR count). The lowest BCUT2D eigenvalue weighted by Gasteiger charge is -2.00. The second kappa shape index (κ2) is 10.1. The number of hydrogen-bond donors (Lipinski definition) is 2. The minimum atomic E-state index is -0.217. The number of hydrogen-bond acceptors (Lipinski definition) is 4. The summed E-state index contributed by atoms with van der Waals surface area (Å²) in [7, 11) is 0. The van der Waals surface area contributed by atoms with E-state index in [4.69, 9.17) is 14.9 Å². The van der Waals surface area contributed by atoms with Crippen LogP contribution in [0.2, 0.25) is 0 Å². The molecule has 0 saturated carbocycles. The summed E-state index contributed by atoms with van der Waals surface area (Å²) in [6.45, 7) is 1.64. The van der Waals surface area contributed by atoms with Gasteiger partial charge in [0.2, 0.25) is 0 Å². The van der Waals surface area contributed by atoms with Crippen molar-refractivity contribution in [1.82, 2.24) is 0 Å². The highest BCUT2D eigenvalue weighted by Gasteiger charge is 1.93. The van der Waals surface area contributed by atoms with E-state index in [1.165, 1.54) is 12.5 Å². The Morgan fingerprint density at radius 3 is 2.19 bits per heavy atom. The van der Waals surface area contributed by atoms with E-state index in [1.807, 2.05) is 30.3 Å². The summed E-state index contributed by atoms with van der Waals surface area (Å²) in [5.41, 5.74) is 1.19. The van der Waals surface area contributed by atoms with E-state index in [0.717, 1.165) is 6.42 Å². The molecule has 0 unspecified atom stereocenters. The molecule has 4 heteroatoms. The van der Waals surface area contributed by atoms with Crippen LogP contribution in [0.3, 0.4) is 0 Å². The molecule has 0 aliphatic rings. The Morgan fingerprint density at radius 2 is 1.75 bits per heavy atom. The van der Waals surface area contributed by atoms with Crippen LogP contribution in [0.25, 0.3) is 0 Å². The van der Waals surface area contributed by atoms with E-state index < -0.39 is 0 Å². The molecule has 0 atom stereocenters. The first kappa shape index (κ1) is 14.6. The maximum atomic E-state index is 10.4. The number of benzene rings is 1. The highest BCUT2D eigenvalue weighted by molar-refractivity contribution is 5.65. The van der Waals surface area contributed by atoms with E-state index >= 15 is 0 Å². The lowest BCUT2D eigenvalue weighted by molar-refractivity contribution is -0.140. The van der Waals surface area contributed by atoms with Crippen molar-refractivity contribution in [3.05, 3.63) is 35.9 Å². The van der Waals surface area contributed by atoms with Crippen LogP contribution in [0.1, 0.15) is 12.5 Å². The molecular weight excluding hydrogens is 208 g/mol. The molecule has 1 aromatic carbocycles. The van der Waals surface area contributed by atoms with Gasteiger partial charge in [-0.1, -0.05) is 30.3 Å². The summed E-state index contributed by atoms with van der Waals surface area (Å²) >= 11 is 0. The van der Waals surface area contributed by atoms with Gasteiger partial charge in [-0.15, -0.1) is 0 Å². The van der Waals surface area contributed by atoms with Crippen molar-refractivity contribution < 1.29 is 19.7 Å². The topological polar surface area (TPSA) is 66.8 Å². The first-order valence-corrected chi connectivity index (χ1v) is 5.09. The van der Waals surface area contributed by atoms with Gasteiger partial charge in [-0.3, -0.25) is 4.79 Å². The van der Waals surface area contributed by atoms with E-state index in [0.29, 0.717) is 6.61 Å². The molecule has 0 fully saturated rings. The SMILES string of the molecule is CC(=O)OCCc1ccccc1.OCCO. The Kier molecular flexibility index (Phi) is 9.26. The summed E-state index contributed by atoms with van der Waals surface area (Å²) in [6.07, 6.45) is 0.792. The highest BCUT2D eigenvalue weighted by Crippen LogP contribution is 1.99. The molecule has 0 aliphatic carbocycles. The van der Waals surface area contributed by atoms with Crippen molar-refractivity contribution in [2.24, 2.45) is 0 Å². The Labute approximate surface area is 95.5 Å². The van der Waals surface area contributed by atoms with Gasteiger partial charge in [0.15, 0.2) is 0 Å². The minimum absolute atomic E-state index is 0.125. The van der Waals surface area contributed by atoms with E-state index in [1.54, 1.807) is 0 Å². The fourth-order valence-electron chi connectivity index (χ4n) is 0.957. The third-order valence-electron chi connectivity index (χ3n) is 1.64. The van der Waals surface area contributed by atoms with E-state index in [2.05, 4.69) is 0 Å². The van der Waals surface area contributed by atoms with Crippen LogP contribution in [0, 0.1) is 0 Å². The largest absolute Gasteiger partial charge is 0.466 e. The second-order valence-corrected chi connectivity index (χ2v) is 3.02. The number of carbonyl (C=O) groups is 1. The van der Waals surface area contributed by atoms with Crippen molar-refractivity contribution >= 4 is 5.97 Å². The second-order valence-electron chi connectivity index (χ2n) is 3.02. The number of rotatable bonds is 4. The number of ether oxygens (including phenoxy) is 1. The standard InChI is InChI=1S/C10H12O2.C2H6O2/c1-9(11)12-8-7-10-5-3-2-4-6-10;3-1-2-4/h2-6H,7-8H2,1H3;3-4H,1-2H2. The molecule has 0 spiro atoms. The predicted molar refractivity (Wildman–Crippen MR) is 61.0 cm³/mol. The van der Waals surface area contributed by atoms with Gasteiger partial charge in [0.1, 0.15) is 0 Å². The number of aliphatic hydroxyl groups excluding tert-OH is 2. The number of esters is 1. The van der Waals surface area contributed by atoms with Crippen molar-refractivity contribution in [1.29, 1.82) is 0 Å². The van der Waals surface area contributed by atoms with Crippen molar-refractivity contribution in [3.63, 3.8) is 0 Å². The lowest BCUT2D eigenvalue weighted by atomic mass is 10.2. The summed E-state index contributed by atoms with van der Waals surface area (Å²) < 4.78 is 4.81. The number of carbonyl (C=O) groups excluding carboxylic acids is 1. The van der Waals surface area contributed by atoms with Crippen LogP contribution in [0.15, 0.2) is 30.3 Å². The number of aliphatic hydroxyl groups is 2. The van der Waals surface area contributed by atoms with Crippen LogP contribution in [0.4, 0.5) is 0 Å². The lowest BCUT2D eigenvalue weighted by Crippen LogP contribution is -2.02. The molecule has 0 heterocycles. The third kappa shape index (κ3) is 9.18. The molecule has 4 nitrogen and oxygen atoms in total. The molecule has 1 aromatic rings. The molecule has 0 aromatic heterocycles. The molecular formula is C12H18O4. The third-order valence-corrected chi connectivity index (χ3v) is 1.64. The first-order valence-electron chi connectivity index (χ1n) is 5.09. The van der Waals surface area contributed by atoms with Crippen LogP contribution in [-0.4, -0.2) is 36.0 Å². The maximum absolute atomic E-state index is 10.4. The molecule has 2 N–H and O–H groups in total. The smallest absolute Gasteiger partial charge is 0.302 e. The van der Waals surface area contributed by atoms with Crippen molar-refractivity contribution in [2.75, 3.05) is 19.8 Å². The minimum Gasteiger partial charge on any atom is -0.466 e. The van der Waals surface area contributed by atoms with Gasteiger partial charge in [0.25, 0.3) is 0 Å². The normalized spacial score (nSPS) is 8.94. The summed E-state index contributed by atoms with van der Waals surface area (Å²) in [5, 5.41) is 15.2. The molecule has 0 aliphatic heterocycles. The zero-order valence-electron chi connectivity index (χ0n) is 9.43. The monoisotopic (exact) mass is 226 g/mol. The Balaban J connectivity index is 0.000000487. The fraction of sp³-hybridized carbons (Fsp3) is 0.417. The van der Waals surface area contributed by atoms with Crippen LogP contribution < -0.4 is 0 Å². The van der Waals surface area contributed by atoms with Gasteiger partial charge in [-0.2, -0.15) is 0 Å². The van der Waals surface area contributed by atoms with Gasteiger partial charge in [0.05, 0.1) is 19.8 Å². The Bertz CT molecular complexity index is 270.